The normalized spacial score (nSPS) is 22.0. The molecule has 5 heteroatoms. The molecule has 0 radical (unpaired) electrons. The molecular weight excluding hydrogens is 254 g/mol. The van der Waals surface area contributed by atoms with Gasteiger partial charge in [-0.05, 0) is 30.9 Å². The number of nitro benzene ring substituents is 1. The number of nitrogens with one attached hydrogen (secondary N) is 1. The highest BCUT2D eigenvalue weighted by Crippen LogP contribution is 2.32. The van der Waals surface area contributed by atoms with Crippen LogP contribution in [0.25, 0.3) is 0 Å². The highest BCUT2D eigenvalue weighted by molar-refractivity contribution is 5.64. The van der Waals surface area contributed by atoms with Crippen molar-refractivity contribution in [2.75, 3.05) is 5.32 Å². The third kappa shape index (κ3) is 3.27. The van der Waals surface area contributed by atoms with Crippen LogP contribution < -0.4 is 5.32 Å². The number of hydrogen-bond donors (Lipinski definition) is 1. The van der Waals surface area contributed by atoms with E-state index in [1.807, 2.05) is 6.07 Å². The topological polar surface area (TPSA) is 79.0 Å². The van der Waals surface area contributed by atoms with Gasteiger partial charge < -0.3 is 5.32 Å². The molecule has 1 aliphatic rings. The molecule has 0 heterocycles. The van der Waals surface area contributed by atoms with Gasteiger partial charge in [0.15, 0.2) is 0 Å². The first kappa shape index (κ1) is 14.3. The van der Waals surface area contributed by atoms with Gasteiger partial charge in [0.1, 0.15) is 5.69 Å². The zero-order chi connectivity index (χ0) is 14.5. The summed E-state index contributed by atoms with van der Waals surface area (Å²) in [7, 11) is 0. The number of nitriles is 1. The molecule has 106 valence electrons. The third-order valence-corrected chi connectivity index (χ3v) is 4.04. The largest absolute Gasteiger partial charge is 0.377 e. The number of nitrogens with zero attached hydrogens (tertiary/aromatic N) is 2. The monoisotopic (exact) mass is 273 g/mol. The first-order valence-electron chi connectivity index (χ1n) is 7.09. The van der Waals surface area contributed by atoms with E-state index >= 15 is 0 Å². The number of nitro groups is 1. The number of anilines is 1. The summed E-state index contributed by atoms with van der Waals surface area (Å²) in [6.45, 7) is 2.19. The van der Waals surface area contributed by atoms with E-state index in [1.165, 1.54) is 18.6 Å². The molecule has 1 saturated carbocycles. The predicted molar refractivity (Wildman–Crippen MR) is 77.5 cm³/mol. The summed E-state index contributed by atoms with van der Waals surface area (Å²) in [6.07, 6.45) is 5.63. The fourth-order valence-electron chi connectivity index (χ4n) is 2.89. The van der Waals surface area contributed by atoms with Crippen LogP contribution in [0.5, 0.6) is 0 Å². The van der Waals surface area contributed by atoms with Crippen LogP contribution >= 0.6 is 0 Å². The van der Waals surface area contributed by atoms with E-state index in [0.29, 0.717) is 17.2 Å². The van der Waals surface area contributed by atoms with Crippen molar-refractivity contribution in [3.8, 4) is 6.07 Å². The summed E-state index contributed by atoms with van der Waals surface area (Å²) < 4.78 is 0. The molecule has 2 atom stereocenters. The Balaban J connectivity index is 2.19. The Morgan fingerprint density at radius 2 is 2.30 bits per heavy atom. The predicted octanol–water partition coefficient (Wildman–Crippen LogP) is 3.85. The van der Waals surface area contributed by atoms with Crippen molar-refractivity contribution in [3.05, 3.63) is 33.9 Å². The Morgan fingerprint density at radius 3 is 2.95 bits per heavy atom. The van der Waals surface area contributed by atoms with Gasteiger partial charge in [-0.3, -0.25) is 10.1 Å². The fourth-order valence-corrected chi connectivity index (χ4v) is 2.89. The highest BCUT2D eigenvalue weighted by Gasteiger charge is 2.23. The lowest BCUT2D eigenvalue weighted by atomic mass is 9.84. The molecule has 5 nitrogen and oxygen atoms in total. The SMILES string of the molecule is CCC1CCCC(Nc2cc(C#N)ccc2[N+](=O)[O-])C1. The summed E-state index contributed by atoms with van der Waals surface area (Å²) in [6, 6.07) is 6.76. The summed E-state index contributed by atoms with van der Waals surface area (Å²) in [4.78, 5) is 10.7. The number of benzene rings is 1. The Labute approximate surface area is 118 Å². The second-order valence-corrected chi connectivity index (χ2v) is 5.38. The van der Waals surface area contributed by atoms with Gasteiger partial charge in [0.2, 0.25) is 0 Å². The lowest BCUT2D eigenvalue weighted by Crippen LogP contribution is -2.27. The molecule has 0 amide bonds. The van der Waals surface area contributed by atoms with Gasteiger partial charge in [0, 0.05) is 12.1 Å². The van der Waals surface area contributed by atoms with Crippen molar-refractivity contribution in [1.29, 1.82) is 5.26 Å². The zero-order valence-corrected chi connectivity index (χ0v) is 11.6. The second-order valence-electron chi connectivity index (χ2n) is 5.38. The van der Waals surface area contributed by atoms with Gasteiger partial charge in [-0.2, -0.15) is 5.26 Å². The Hall–Kier alpha value is -2.09. The summed E-state index contributed by atoms with van der Waals surface area (Å²) in [5.41, 5.74) is 0.958. The summed E-state index contributed by atoms with van der Waals surface area (Å²) >= 11 is 0. The van der Waals surface area contributed by atoms with Gasteiger partial charge in [0.05, 0.1) is 16.6 Å². The van der Waals surface area contributed by atoms with E-state index in [9.17, 15) is 10.1 Å². The van der Waals surface area contributed by atoms with Crippen molar-refractivity contribution in [1.82, 2.24) is 0 Å². The molecule has 0 aromatic heterocycles. The van der Waals surface area contributed by atoms with Gasteiger partial charge in [-0.1, -0.05) is 26.2 Å². The molecule has 2 unspecified atom stereocenters. The van der Waals surface area contributed by atoms with E-state index in [4.69, 9.17) is 5.26 Å². The lowest BCUT2D eigenvalue weighted by Gasteiger charge is -2.29. The maximum absolute atomic E-state index is 11.1. The fraction of sp³-hybridized carbons (Fsp3) is 0.533. The Bertz CT molecular complexity index is 536. The quantitative estimate of drug-likeness (QED) is 0.667. The smallest absolute Gasteiger partial charge is 0.292 e. The van der Waals surface area contributed by atoms with Crippen molar-refractivity contribution >= 4 is 11.4 Å². The minimum absolute atomic E-state index is 0.0441. The van der Waals surface area contributed by atoms with E-state index in [-0.39, 0.29) is 11.7 Å². The maximum atomic E-state index is 11.1. The van der Waals surface area contributed by atoms with E-state index < -0.39 is 4.92 Å². The molecule has 0 bridgehead atoms. The van der Waals surface area contributed by atoms with Crippen molar-refractivity contribution in [2.24, 2.45) is 5.92 Å². The van der Waals surface area contributed by atoms with Crippen LogP contribution in [-0.4, -0.2) is 11.0 Å². The lowest BCUT2D eigenvalue weighted by molar-refractivity contribution is -0.384. The molecule has 2 rings (SSSR count). The van der Waals surface area contributed by atoms with Gasteiger partial charge >= 0.3 is 0 Å². The standard InChI is InChI=1S/C15H19N3O2/c1-2-11-4-3-5-13(8-11)17-14-9-12(10-16)6-7-15(14)18(19)20/h6-7,9,11,13,17H,2-5,8H2,1H3. The van der Waals surface area contributed by atoms with Gasteiger partial charge in [-0.15, -0.1) is 0 Å². The molecule has 1 aromatic rings. The molecule has 1 aromatic carbocycles. The minimum Gasteiger partial charge on any atom is -0.377 e. The highest BCUT2D eigenvalue weighted by atomic mass is 16.6. The average molecular weight is 273 g/mol. The Kier molecular flexibility index (Phi) is 4.57. The maximum Gasteiger partial charge on any atom is 0.292 e. The zero-order valence-electron chi connectivity index (χ0n) is 11.6. The molecule has 0 aliphatic heterocycles. The first-order chi connectivity index (χ1) is 9.63. The third-order valence-electron chi connectivity index (χ3n) is 4.04. The second kappa shape index (κ2) is 6.38. The average Bonchev–Trinajstić information content (AvgIpc) is 2.47. The van der Waals surface area contributed by atoms with Crippen molar-refractivity contribution < 1.29 is 4.92 Å². The molecular formula is C15H19N3O2. The number of hydrogen-bond acceptors (Lipinski definition) is 4. The van der Waals surface area contributed by atoms with E-state index in [2.05, 4.69) is 12.2 Å². The molecule has 0 spiro atoms. The molecule has 1 fully saturated rings. The summed E-state index contributed by atoms with van der Waals surface area (Å²) in [5, 5.41) is 23.3. The van der Waals surface area contributed by atoms with Crippen molar-refractivity contribution in [2.45, 2.75) is 45.1 Å². The van der Waals surface area contributed by atoms with E-state index in [1.54, 1.807) is 6.07 Å². The molecule has 1 N–H and O–H groups in total. The van der Waals surface area contributed by atoms with E-state index in [0.717, 1.165) is 25.7 Å². The van der Waals surface area contributed by atoms with Crippen molar-refractivity contribution in [3.63, 3.8) is 0 Å². The van der Waals surface area contributed by atoms with Gasteiger partial charge in [0.25, 0.3) is 5.69 Å². The van der Waals surface area contributed by atoms with Crippen LogP contribution in [0.15, 0.2) is 18.2 Å². The van der Waals surface area contributed by atoms with Crippen LogP contribution in [0.1, 0.15) is 44.6 Å². The summed E-state index contributed by atoms with van der Waals surface area (Å²) in [5.74, 6) is 0.694. The van der Waals surface area contributed by atoms with Gasteiger partial charge in [-0.25, -0.2) is 0 Å². The van der Waals surface area contributed by atoms with Crippen LogP contribution in [-0.2, 0) is 0 Å². The van der Waals surface area contributed by atoms with Crippen LogP contribution in [0, 0.1) is 27.4 Å². The number of rotatable bonds is 4. The van der Waals surface area contributed by atoms with Crippen LogP contribution in [0.4, 0.5) is 11.4 Å². The van der Waals surface area contributed by atoms with Crippen LogP contribution in [0.3, 0.4) is 0 Å². The van der Waals surface area contributed by atoms with Crippen LogP contribution in [0.2, 0.25) is 0 Å². The molecule has 20 heavy (non-hydrogen) atoms. The Morgan fingerprint density at radius 1 is 1.50 bits per heavy atom. The molecule has 0 saturated heterocycles. The first-order valence-corrected chi connectivity index (χ1v) is 7.09. The molecule has 1 aliphatic carbocycles. The minimum atomic E-state index is -0.399.